The Morgan fingerprint density at radius 1 is 1.28 bits per heavy atom. The van der Waals surface area contributed by atoms with Gasteiger partial charge >= 0.3 is 0 Å². The van der Waals surface area contributed by atoms with Crippen molar-refractivity contribution in [1.82, 2.24) is 4.90 Å². The average Bonchev–Trinajstić information content (AvgIpc) is 2.46. The van der Waals surface area contributed by atoms with Crippen molar-refractivity contribution < 1.29 is 5.21 Å². The van der Waals surface area contributed by atoms with Gasteiger partial charge in [-0.1, -0.05) is 38.3 Å². The van der Waals surface area contributed by atoms with Gasteiger partial charge in [-0.05, 0) is 25.2 Å². The molecule has 2 aliphatic rings. The fourth-order valence-electron chi connectivity index (χ4n) is 3.74. The molecule has 1 saturated heterocycles. The van der Waals surface area contributed by atoms with Crippen molar-refractivity contribution in [2.45, 2.75) is 64.8 Å². The highest BCUT2D eigenvalue weighted by Crippen LogP contribution is 2.32. The zero-order chi connectivity index (χ0) is 13.0. The zero-order valence-electron chi connectivity index (χ0n) is 11.9. The van der Waals surface area contributed by atoms with Crippen LogP contribution in [0, 0.1) is 11.8 Å². The quantitative estimate of drug-likeness (QED) is 0.616. The van der Waals surface area contributed by atoms with Gasteiger partial charge < -0.3 is 5.21 Å². The van der Waals surface area contributed by atoms with E-state index < -0.39 is 0 Å². The van der Waals surface area contributed by atoms with E-state index in [1.807, 2.05) is 0 Å². The van der Waals surface area contributed by atoms with Crippen LogP contribution >= 0.6 is 0 Å². The third-order valence-electron chi connectivity index (χ3n) is 5.05. The van der Waals surface area contributed by atoms with Gasteiger partial charge in [0.05, 0.1) is 5.71 Å². The molecule has 104 valence electrons. The Morgan fingerprint density at radius 2 is 2.11 bits per heavy atom. The van der Waals surface area contributed by atoms with Crippen molar-refractivity contribution in [2.75, 3.05) is 13.1 Å². The molecule has 0 bridgehead atoms. The van der Waals surface area contributed by atoms with Crippen molar-refractivity contribution in [3.05, 3.63) is 0 Å². The van der Waals surface area contributed by atoms with Crippen LogP contribution in [-0.2, 0) is 0 Å². The molecule has 1 N–H and O–H groups in total. The maximum Gasteiger partial charge on any atom is 0.0627 e. The molecule has 3 nitrogen and oxygen atoms in total. The first-order valence-corrected chi connectivity index (χ1v) is 7.73. The predicted molar refractivity (Wildman–Crippen MR) is 75.2 cm³/mol. The lowest BCUT2D eigenvalue weighted by Gasteiger charge is -2.41. The number of piperidine rings is 1. The van der Waals surface area contributed by atoms with E-state index >= 15 is 0 Å². The summed E-state index contributed by atoms with van der Waals surface area (Å²) < 4.78 is 0. The molecule has 1 aliphatic heterocycles. The molecular formula is C15H28N2O. The van der Waals surface area contributed by atoms with E-state index in [-0.39, 0.29) is 0 Å². The van der Waals surface area contributed by atoms with Gasteiger partial charge in [0.1, 0.15) is 0 Å². The van der Waals surface area contributed by atoms with E-state index in [4.69, 9.17) is 5.21 Å². The summed E-state index contributed by atoms with van der Waals surface area (Å²) in [5.41, 5.74) is 1.02. The number of hydrogen-bond donors (Lipinski definition) is 1. The van der Waals surface area contributed by atoms with Crippen LogP contribution in [0.4, 0.5) is 0 Å². The summed E-state index contributed by atoms with van der Waals surface area (Å²) >= 11 is 0. The Kier molecular flexibility index (Phi) is 5.04. The first-order chi connectivity index (χ1) is 8.78. The second-order valence-electron chi connectivity index (χ2n) is 6.04. The molecule has 0 spiro atoms. The molecule has 1 heterocycles. The molecular weight excluding hydrogens is 224 g/mol. The monoisotopic (exact) mass is 252 g/mol. The Morgan fingerprint density at radius 3 is 2.78 bits per heavy atom. The van der Waals surface area contributed by atoms with E-state index in [2.05, 4.69) is 23.9 Å². The van der Waals surface area contributed by atoms with E-state index in [1.165, 1.54) is 32.1 Å². The molecule has 2 fully saturated rings. The first kappa shape index (κ1) is 13.9. The topological polar surface area (TPSA) is 35.8 Å². The highest BCUT2D eigenvalue weighted by Gasteiger charge is 2.31. The molecule has 0 aromatic rings. The largest absolute Gasteiger partial charge is 0.411 e. The molecule has 2 rings (SSSR count). The van der Waals surface area contributed by atoms with Gasteiger partial charge in [0.15, 0.2) is 0 Å². The van der Waals surface area contributed by atoms with Gasteiger partial charge in [-0.3, -0.25) is 4.90 Å². The summed E-state index contributed by atoms with van der Waals surface area (Å²) in [6.45, 7) is 6.73. The maximum absolute atomic E-state index is 9.04. The number of oxime groups is 1. The molecule has 3 atom stereocenters. The van der Waals surface area contributed by atoms with Crippen LogP contribution in [0.25, 0.3) is 0 Å². The van der Waals surface area contributed by atoms with E-state index in [0.29, 0.717) is 5.92 Å². The fraction of sp³-hybridized carbons (Fsp3) is 0.933. The minimum atomic E-state index is 0.478. The van der Waals surface area contributed by atoms with Crippen molar-refractivity contribution in [3.8, 4) is 0 Å². The molecule has 18 heavy (non-hydrogen) atoms. The molecule has 1 aliphatic carbocycles. The minimum Gasteiger partial charge on any atom is -0.411 e. The van der Waals surface area contributed by atoms with Crippen LogP contribution in [0.3, 0.4) is 0 Å². The third-order valence-corrected chi connectivity index (χ3v) is 5.05. The predicted octanol–water partition coefficient (Wildman–Crippen LogP) is 3.52. The minimum absolute atomic E-state index is 0.478. The molecule has 3 heteroatoms. The lowest BCUT2D eigenvalue weighted by Crippen LogP contribution is -2.47. The van der Waals surface area contributed by atoms with Crippen LogP contribution in [0.2, 0.25) is 0 Å². The zero-order valence-corrected chi connectivity index (χ0v) is 11.9. The maximum atomic E-state index is 9.04. The van der Waals surface area contributed by atoms with Gasteiger partial charge in [-0.2, -0.15) is 0 Å². The van der Waals surface area contributed by atoms with Crippen LogP contribution in [0.5, 0.6) is 0 Å². The van der Waals surface area contributed by atoms with Crippen molar-refractivity contribution in [3.63, 3.8) is 0 Å². The summed E-state index contributed by atoms with van der Waals surface area (Å²) in [7, 11) is 0. The molecule has 3 unspecified atom stereocenters. The smallest absolute Gasteiger partial charge is 0.0627 e. The van der Waals surface area contributed by atoms with Gasteiger partial charge in [0, 0.05) is 31.5 Å². The summed E-state index contributed by atoms with van der Waals surface area (Å²) in [6.07, 6.45) is 8.99. The van der Waals surface area contributed by atoms with Crippen molar-refractivity contribution >= 4 is 5.71 Å². The van der Waals surface area contributed by atoms with E-state index in [1.54, 1.807) is 0 Å². The summed E-state index contributed by atoms with van der Waals surface area (Å²) in [4.78, 5) is 2.67. The molecule has 0 radical (unpaired) electrons. The molecule has 0 aromatic carbocycles. The molecule has 1 saturated carbocycles. The second kappa shape index (κ2) is 6.55. The lowest BCUT2D eigenvalue weighted by molar-refractivity contribution is 0.110. The van der Waals surface area contributed by atoms with Gasteiger partial charge in [0.25, 0.3) is 0 Å². The SMILES string of the molecule is CCC1CCCC(N2CCC(=NO)C(CC)C2)C1. The number of likely N-dealkylation sites (tertiary alicyclic amines) is 1. The number of rotatable bonds is 3. The van der Waals surface area contributed by atoms with Crippen LogP contribution < -0.4 is 0 Å². The highest BCUT2D eigenvalue weighted by atomic mass is 16.4. The van der Waals surface area contributed by atoms with Gasteiger partial charge in [-0.15, -0.1) is 0 Å². The summed E-state index contributed by atoms with van der Waals surface area (Å²) in [5, 5.41) is 12.5. The van der Waals surface area contributed by atoms with Crippen LogP contribution in [-0.4, -0.2) is 35.0 Å². The van der Waals surface area contributed by atoms with Crippen LogP contribution in [0.1, 0.15) is 58.8 Å². The standard InChI is InChI=1S/C15H28N2O/c1-3-12-6-5-7-14(10-12)17-9-8-15(16-18)13(4-2)11-17/h12-14,18H,3-11H2,1-2H3. The third kappa shape index (κ3) is 3.05. The van der Waals surface area contributed by atoms with Gasteiger partial charge in [0.2, 0.25) is 0 Å². The highest BCUT2D eigenvalue weighted by molar-refractivity contribution is 5.87. The second-order valence-corrected chi connectivity index (χ2v) is 6.04. The normalized spacial score (nSPS) is 37.0. The molecule has 0 amide bonds. The Bertz CT molecular complexity index is 290. The summed E-state index contributed by atoms with van der Waals surface area (Å²) in [5.74, 6) is 1.42. The molecule has 0 aromatic heterocycles. The number of nitrogens with zero attached hydrogens (tertiary/aromatic N) is 2. The van der Waals surface area contributed by atoms with Crippen molar-refractivity contribution in [1.29, 1.82) is 0 Å². The van der Waals surface area contributed by atoms with Gasteiger partial charge in [-0.25, -0.2) is 0 Å². The van der Waals surface area contributed by atoms with E-state index in [9.17, 15) is 0 Å². The van der Waals surface area contributed by atoms with Crippen molar-refractivity contribution in [2.24, 2.45) is 17.0 Å². The Labute approximate surface area is 111 Å². The Balaban J connectivity index is 1.93. The van der Waals surface area contributed by atoms with E-state index in [0.717, 1.165) is 43.6 Å². The fourth-order valence-corrected chi connectivity index (χ4v) is 3.74. The average molecular weight is 252 g/mol. The number of hydrogen-bond acceptors (Lipinski definition) is 3. The lowest BCUT2D eigenvalue weighted by atomic mass is 9.82. The van der Waals surface area contributed by atoms with Crippen LogP contribution in [0.15, 0.2) is 5.16 Å². The Hall–Kier alpha value is -0.570. The first-order valence-electron chi connectivity index (χ1n) is 7.73. The summed E-state index contributed by atoms with van der Waals surface area (Å²) in [6, 6.07) is 0.790.